The smallest absolute Gasteiger partial charge is 0.234 e. The van der Waals surface area contributed by atoms with Gasteiger partial charge in [0, 0.05) is 12.6 Å². The lowest BCUT2D eigenvalue weighted by molar-refractivity contribution is -0.121. The van der Waals surface area contributed by atoms with Crippen LogP contribution in [0.5, 0.6) is 0 Å². The molecule has 4 heteroatoms. The van der Waals surface area contributed by atoms with Crippen LogP contribution >= 0.6 is 0 Å². The van der Waals surface area contributed by atoms with E-state index in [9.17, 15) is 9.90 Å². The molecule has 0 heterocycles. The Hall–Kier alpha value is -0.610. The first kappa shape index (κ1) is 14.5. The molecule has 3 N–H and O–H groups in total. The van der Waals surface area contributed by atoms with Crippen molar-refractivity contribution in [2.45, 2.75) is 64.0 Å². The lowest BCUT2D eigenvalue weighted by Crippen LogP contribution is -2.44. The van der Waals surface area contributed by atoms with Crippen LogP contribution in [-0.4, -0.2) is 35.7 Å². The minimum Gasteiger partial charge on any atom is -0.389 e. The zero-order valence-corrected chi connectivity index (χ0v) is 11.1. The van der Waals surface area contributed by atoms with Gasteiger partial charge in [-0.25, -0.2) is 0 Å². The Morgan fingerprint density at radius 1 is 1.41 bits per heavy atom. The molecule has 0 bridgehead atoms. The van der Waals surface area contributed by atoms with Crippen molar-refractivity contribution in [1.82, 2.24) is 10.6 Å². The monoisotopic (exact) mass is 242 g/mol. The average molecular weight is 242 g/mol. The second-order valence-corrected chi connectivity index (χ2v) is 5.29. The van der Waals surface area contributed by atoms with Crippen molar-refractivity contribution < 1.29 is 9.90 Å². The van der Waals surface area contributed by atoms with E-state index in [-0.39, 0.29) is 11.9 Å². The second-order valence-electron chi connectivity index (χ2n) is 5.29. The van der Waals surface area contributed by atoms with Crippen molar-refractivity contribution in [2.24, 2.45) is 0 Å². The fourth-order valence-corrected chi connectivity index (χ4v) is 2.45. The Labute approximate surface area is 104 Å². The average Bonchev–Trinajstić information content (AvgIpc) is 2.65. The van der Waals surface area contributed by atoms with E-state index in [0.29, 0.717) is 13.1 Å². The lowest BCUT2D eigenvalue weighted by Gasteiger charge is -2.22. The molecule has 0 spiro atoms. The fourth-order valence-electron chi connectivity index (χ4n) is 2.45. The van der Waals surface area contributed by atoms with E-state index in [2.05, 4.69) is 17.6 Å². The third-order valence-corrected chi connectivity index (χ3v) is 3.40. The summed E-state index contributed by atoms with van der Waals surface area (Å²) in [7, 11) is 0. The lowest BCUT2D eigenvalue weighted by atomic mass is 10.0. The van der Waals surface area contributed by atoms with E-state index in [1.807, 2.05) is 6.92 Å². The zero-order valence-electron chi connectivity index (χ0n) is 11.1. The number of carbonyl (C=O) groups excluding carboxylic acids is 1. The summed E-state index contributed by atoms with van der Waals surface area (Å²) in [5, 5.41) is 16.1. The molecule has 0 aliphatic heterocycles. The molecule has 1 atom stereocenters. The molecule has 17 heavy (non-hydrogen) atoms. The van der Waals surface area contributed by atoms with Gasteiger partial charge in [-0.2, -0.15) is 0 Å². The molecule has 0 aromatic rings. The highest BCUT2D eigenvalue weighted by Crippen LogP contribution is 2.28. The van der Waals surface area contributed by atoms with E-state index in [0.717, 1.165) is 38.5 Å². The van der Waals surface area contributed by atoms with Gasteiger partial charge in [0.25, 0.3) is 0 Å². The van der Waals surface area contributed by atoms with Gasteiger partial charge in [-0.3, -0.25) is 4.79 Å². The Kier molecular flexibility index (Phi) is 5.92. The summed E-state index contributed by atoms with van der Waals surface area (Å²) in [5.74, 6) is 0.0209. The number of nitrogens with one attached hydrogen (secondary N) is 2. The molecule has 0 aromatic carbocycles. The number of amides is 1. The van der Waals surface area contributed by atoms with Crippen LogP contribution in [0.4, 0.5) is 0 Å². The maximum atomic E-state index is 11.6. The highest BCUT2D eigenvalue weighted by molar-refractivity contribution is 5.78. The predicted octanol–water partition coefficient (Wildman–Crippen LogP) is 1.19. The minimum absolute atomic E-state index is 0.0209. The molecule has 100 valence electrons. The van der Waals surface area contributed by atoms with Gasteiger partial charge in [0.15, 0.2) is 0 Å². The molecule has 1 amide bonds. The highest BCUT2D eigenvalue weighted by atomic mass is 16.3. The number of rotatable bonds is 7. The Morgan fingerprint density at radius 2 is 2.06 bits per heavy atom. The quantitative estimate of drug-likeness (QED) is 0.628. The van der Waals surface area contributed by atoms with Crippen molar-refractivity contribution in [3.05, 3.63) is 0 Å². The van der Waals surface area contributed by atoms with Crippen LogP contribution in [0.3, 0.4) is 0 Å². The number of hydrogen-bond acceptors (Lipinski definition) is 3. The second kappa shape index (κ2) is 6.97. The molecule has 1 fully saturated rings. The standard InChI is InChI=1S/C13H26N2O2/c1-3-6-11(2)15-12(16)9-14-10-13(17)7-4-5-8-13/h11,14,17H,3-10H2,1-2H3,(H,15,16). The maximum Gasteiger partial charge on any atom is 0.234 e. The molecule has 0 aromatic heterocycles. The maximum absolute atomic E-state index is 11.6. The summed E-state index contributed by atoms with van der Waals surface area (Å²) in [4.78, 5) is 11.6. The Bertz CT molecular complexity index is 238. The molecule has 1 rings (SSSR count). The van der Waals surface area contributed by atoms with Gasteiger partial charge >= 0.3 is 0 Å². The predicted molar refractivity (Wildman–Crippen MR) is 68.8 cm³/mol. The van der Waals surface area contributed by atoms with E-state index < -0.39 is 5.60 Å². The van der Waals surface area contributed by atoms with Gasteiger partial charge in [-0.1, -0.05) is 26.2 Å². The van der Waals surface area contributed by atoms with Crippen molar-refractivity contribution in [3.63, 3.8) is 0 Å². The summed E-state index contributed by atoms with van der Waals surface area (Å²) in [5.41, 5.74) is -0.574. The largest absolute Gasteiger partial charge is 0.389 e. The van der Waals surface area contributed by atoms with Gasteiger partial charge in [0.2, 0.25) is 5.91 Å². The molecular weight excluding hydrogens is 216 g/mol. The first-order valence-electron chi connectivity index (χ1n) is 6.78. The van der Waals surface area contributed by atoms with Crippen LogP contribution in [-0.2, 0) is 4.79 Å². The number of hydrogen-bond donors (Lipinski definition) is 3. The van der Waals surface area contributed by atoms with Crippen LogP contribution in [0.1, 0.15) is 52.4 Å². The van der Waals surface area contributed by atoms with Gasteiger partial charge < -0.3 is 15.7 Å². The van der Waals surface area contributed by atoms with Crippen molar-refractivity contribution in [1.29, 1.82) is 0 Å². The fraction of sp³-hybridized carbons (Fsp3) is 0.923. The van der Waals surface area contributed by atoms with Crippen molar-refractivity contribution >= 4 is 5.91 Å². The van der Waals surface area contributed by atoms with Crippen LogP contribution in [0, 0.1) is 0 Å². The summed E-state index contributed by atoms with van der Waals surface area (Å²) < 4.78 is 0. The molecular formula is C13H26N2O2. The Morgan fingerprint density at radius 3 is 2.65 bits per heavy atom. The summed E-state index contributed by atoms with van der Waals surface area (Å²) in [6.07, 6.45) is 5.99. The first-order valence-corrected chi connectivity index (χ1v) is 6.78. The molecule has 1 aliphatic rings. The summed E-state index contributed by atoms with van der Waals surface area (Å²) in [6, 6.07) is 0.240. The van der Waals surface area contributed by atoms with Gasteiger partial charge in [0.05, 0.1) is 12.1 Å². The van der Waals surface area contributed by atoms with Crippen LogP contribution in [0.2, 0.25) is 0 Å². The molecule has 1 unspecified atom stereocenters. The van der Waals surface area contributed by atoms with E-state index in [1.54, 1.807) is 0 Å². The zero-order chi connectivity index (χ0) is 12.7. The van der Waals surface area contributed by atoms with Gasteiger partial charge in [-0.05, 0) is 26.2 Å². The van der Waals surface area contributed by atoms with Crippen LogP contribution in [0.25, 0.3) is 0 Å². The molecule has 0 saturated heterocycles. The van der Waals surface area contributed by atoms with E-state index >= 15 is 0 Å². The number of carbonyl (C=O) groups is 1. The topological polar surface area (TPSA) is 61.4 Å². The van der Waals surface area contributed by atoms with Crippen molar-refractivity contribution in [3.8, 4) is 0 Å². The molecule has 1 saturated carbocycles. The van der Waals surface area contributed by atoms with Gasteiger partial charge in [0.1, 0.15) is 0 Å². The summed E-state index contributed by atoms with van der Waals surface area (Å²) >= 11 is 0. The third-order valence-electron chi connectivity index (χ3n) is 3.40. The normalized spacial score (nSPS) is 20.2. The Balaban J connectivity index is 2.11. The van der Waals surface area contributed by atoms with E-state index in [1.165, 1.54) is 0 Å². The number of aliphatic hydroxyl groups is 1. The van der Waals surface area contributed by atoms with Gasteiger partial charge in [-0.15, -0.1) is 0 Å². The summed E-state index contributed by atoms with van der Waals surface area (Å²) in [6.45, 7) is 4.96. The van der Waals surface area contributed by atoms with Crippen LogP contribution in [0.15, 0.2) is 0 Å². The van der Waals surface area contributed by atoms with Crippen molar-refractivity contribution in [2.75, 3.05) is 13.1 Å². The van der Waals surface area contributed by atoms with Crippen LogP contribution < -0.4 is 10.6 Å². The molecule has 1 aliphatic carbocycles. The SMILES string of the molecule is CCCC(C)NC(=O)CNCC1(O)CCCC1. The highest BCUT2D eigenvalue weighted by Gasteiger charge is 2.30. The third kappa shape index (κ3) is 5.50. The first-order chi connectivity index (χ1) is 8.06. The minimum atomic E-state index is -0.574. The van der Waals surface area contributed by atoms with E-state index in [4.69, 9.17) is 0 Å². The molecule has 4 nitrogen and oxygen atoms in total. The molecule has 0 radical (unpaired) electrons.